The summed E-state index contributed by atoms with van der Waals surface area (Å²) < 4.78 is 0. The Bertz CT molecular complexity index is 660. The van der Waals surface area contributed by atoms with Gasteiger partial charge in [-0.25, -0.2) is 0 Å². The van der Waals surface area contributed by atoms with Crippen LogP contribution in [0.4, 0.5) is 0 Å². The molecule has 3 N–H and O–H groups in total. The molecule has 0 aromatic heterocycles. The van der Waals surface area contributed by atoms with Gasteiger partial charge in [-0.2, -0.15) is 0 Å². The predicted molar refractivity (Wildman–Crippen MR) is 106 cm³/mol. The molecule has 2 unspecified atom stereocenters. The Labute approximate surface area is 161 Å². The quantitative estimate of drug-likeness (QED) is 0.650. The molecule has 0 heterocycles. The van der Waals surface area contributed by atoms with Crippen molar-refractivity contribution in [2.75, 3.05) is 0 Å². The van der Waals surface area contributed by atoms with Crippen LogP contribution in [-0.4, -0.2) is 35.0 Å². The third-order valence-electron chi connectivity index (χ3n) is 4.43. The average molecular weight is 376 g/mol. The molecule has 0 aliphatic rings. The molecule has 0 saturated heterocycles. The number of carboxylic acid groups (broad SMARTS) is 1. The molecule has 0 aliphatic heterocycles. The van der Waals surface area contributed by atoms with Crippen molar-refractivity contribution in [2.45, 2.75) is 71.9 Å². The number of hydrogen-bond acceptors (Lipinski definition) is 3. The molecule has 1 rings (SSSR count). The van der Waals surface area contributed by atoms with Crippen molar-refractivity contribution in [3.63, 3.8) is 0 Å². The second-order valence-corrected chi connectivity index (χ2v) is 8.36. The van der Waals surface area contributed by atoms with Crippen LogP contribution >= 0.6 is 0 Å². The molecule has 0 radical (unpaired) electrons. The summed E-state index contributed by atoms with van der Waals surface area (Å²) in [5.74, 6) is -1.61. The first-order chi connectivity index (χ1) is 12.4. The van der Waals surface area contributed by atoms with E-state index in [0.29, 0.717) is 12.0 Å². The van der Waals surface area contributed by atoms with E-state index in [2.05, 4.69) is 31.4 Å². The van der Waals surface area contributed by atoms with E-state index < -0.39 is 12.0 Å². The summed E-state index contributed by atoms with van der Waals surface area (Å²) in [7, 11) is 0. The van der Waals surface area contributed by atoms with Crippen molar-refractivity contribution >= 4 is 17.8 Å². The summed E-state index contributed by atoms with van der Waals surface area (Å²) in [5, 5.41) is 14.3. The van der Waals surface area contributed by atoms with Gasteiger partial charge in [-0.15, -0.1) is 0 Å². The first-order valence-corrected chi connectivity index (χ1v) is 9.35. The molecular formula is C21H32N2O4. The van der Waals surface area contributed by atoms with E-state index in [1.54, 1.807) is 19.1 Å². The first-order valence-electron chi connectivity index (χ1n) is 9.35. The van der Waals surface area contributed by atoms with Crippen molar-refractivity contribution in [3.05, 3.63) is 35.4 Å². The number of aliphatic carboxylic acids is 1. The Morgan fingerprint density at radius 2 is 1.56 bits per heavy atom. The summed E-state index contributed by atoms with van der Waals surface area (Å²) in [4.78, 5) is 35.7. The Morgan fingerprint density at radius 1 is 1.00 bits per heavy atom. The van der Waals surface area contributed by atoms with E-state index in [1.807, 2.05) is 26.0 Å². The number of carbonyl (C=O) groups excluding carboxylic acids is 2. The highest BCUT2D eigenvalue weighted by Crippen LogP contribution is 2.22. The molecule has 0 bridgehead atoms. The van der Waals surface area contributed by atoms with Gasteiger partial charge in [-0.05, 0) is 42.4 Å². The smallest absolute Gasteiger partial charge is 0.303 e. The molecule has 150 valence electrons. The zero-order valence-corrected chi connectivity index (χ0v) is 17.1. The molecule has 0 fully saturated rings. The van der Waals surface area contributed by atoms with Gasteiger partial charge in [0.1, 0.15) is 6.04 Å². The molecule has 2 amide bonds. The van der Waals surface area contributed by atoms with Crippen molar-refractivity contribution in [1.82, 2.24) is 10.6 Å². The van der Waals surface area contributed by atoms with E-state index in [9.17, 15) is 14.4 Å². The van der Waals surface area contributed by atoms with Crippen LogP contribution in [0, 0.1) is 5.92 Å². The molecule has 1 aromatic rings. The summed E-state index contributed by atoms with van der Waals surface area (Å²) >= 11 is 0. The topological polar surface area (TPSA) is 95.5 Å². The Kier molecular flexibility index (Phi) is 8.00. The van der Waals surface area contributed by atoms with Gasteiger partial charge in [0.2, 0.25) is 5.91 Å². The number of carbonyl (C=O) groups is 3. The number of amides is 2. The second kappa shape index (κ2) is 9.53. The maximum Gasteiger partial charge on any atom is 0.303 e. The first kappa shape index (κ1) is 22.7. The van der Waals surface area contributed by atoms with Crippen molar-refractivity contribution in [1.29, 1.82) is 0 Å². The maximum atomic E-state index is 12.6. The Hall–Kier alpha value is -2.37. The molecule has 2 atom stereocenters. The van der Waals surface area contributed by atoms with Gasteiger partial charge in [0, 0.05) is 18.0 Å². The van der Waals surface area contributed by atoms with Gasteiger partial charge in [0.15, 0.2) is 0 Å². The molecule has 0 aliphatic carbocycles. The van der Waals surface area contributed by atoms with E-state index >= 15 is 0 Å². The van der Waals surface area contributed by atoms with Crippen molar-refractivity contribution in [2.24, 2.45) is 5.92 Å². The molecule has 0 saturated carbocycles. The van der Waals surface area contributed by atoms with Crippen molar-refractivity contribution < 1.29 is 19.5 Å². The third-order valence-corrected chi connectivity index (χ3v) is 4.43. The zero-order valence-electron chi connectivity index (χ0n) is 17.1. The molecular weight excluding hydrogens is 344 g/mol. The van der Waals surface area contributed by atoms with Gasteiger partial charge in [-0.1, -0.05) is 46.8 Å². The van der Waals surface area contributed by atoms with Crippen LogP contribution in [0.1, 0.15) is 70.3 Å². The number of carboxylic acids is 1. The molecule has 27 heavy (non-hydrogen) atoms. The largest absolute Gasteiger partial charge is 0.481 e. The molecule has 0 spiro atoms. The third kappa shape index (κ3) is 7.41. The number of nitrogens with one attached hydrogen (secondary N) is 2. The second-order valence-electron chi connectivity index (χ2n) is 8.36. The van der Waals surface area contributed by atoms with Gasteiger partial charge in [0.25, 0.3) is 5.91 Å². The van der Waals surface area contributed by atoms with E-state index in [1.165, 1.54) is 0 Å². The number of hydrogen-bond donors (Lipinski definition) is 3. The minimum atomic E-state index is -0.900. The van der Waals surface area contributed by atoms with Crippen LogP contribution in [0.2, 0.25) is 0 Å². The number of rotatable bonds is 8. The van der Waals surface area contributed by atoms with Crippen LogP contribution in [0.25, 0.3) is 0 Å². The SMILES string of the molecule is CC(CCC(=O)O)NC(=O)C(NC(=O)c1ccc(C(C)(C)C)cc1)C(C)C. The van der Waals surface area contributed by atoms with Gasteiger partial charge in [0.05, 0.1) is 0 Å². The van der Waals surface area contributed by atoms with E-state index in [4.69, 9.17) is 5.11 Å². The zero-order chi connectivity index (χ0) is 20.8. The normalized spacial score (nSPS) is 13.7. The fraction of sp³-hybridized carbons (Fsp3) is 0.571. The lowest BCUT2D eigenvalue weighted by Crippen LogP contribution is -2.51. The highest BCUT2D eigenvalue weighted by molar-refractivity contribution is 5.97. The highest BCUT2D eigenvalue weighted by atomic mass is 16.4. The Morgan fingerprint density at radius 3 is 2.00 bits per heavy atom. The van der Waals surface area contributed by atoms with Crippen LogP contribution in [-0.2, 0) is 15.0 Å². The monoisotopic (exact) mass is 376 g/mol. The van der Waals surface area contributed by atoms with E-state index in [-0.39, 0.29) is 35.6 Å². The van der Waals surface area contributed by atoms with Crippen LogP contribution in [0.3, 0.4) is 0 Å². The molecule has 6 nitrogen and oxygen atoms in total. The van der Waals surface area contributed by atoms with E-state index in [0.717, 1.165) is 5.56 Å². The minimum Gasteiger partial charge on any atom is -0.481 e. The number of benzene rings is 1. The Balaban J connectivity index is 2.77. The lowest BCUT2D eigenvalue weighted by atomic mass is 9.86. The fourth-order valence-corrected chi connectivity index (χ4v) is 2.63. The van der Waals surface area contributed by atoms with Gasteiger partial charge >= 0.3 is 5.97 Å². The maximum absolute atomic E-state index is 12.6. The summed E-state index contributed by atoms with van der Waals surface area (Å²) in [6, 6.07) is 6.41. The summed E-state index contributed by atoms with van der Waals surface area (Å²) in [5.41, 5.74) is 1.63. The summed E-state index contributed by atoms with van der Waals surface area (Å²) in [6.07, 6.45) is 0.328. The average Bonchev–Trinajstić information content (AvgIpc) is 2.56. The highest BCUT2D eigenvalue weighted by Gasteiger charge is 2.26. The van der Waals surface area contributed by atoms with Gasteiger partial charge < -0.3 is 15.7 Å². The predicted octanol–water partition coefficient (Wildman–Crippen LogP) is 3.11. The standard InChI is InChI=1S/C21H32N2O4/c1-13(2)18(20(27)22-14(3)7-12-17(24)25)23-19(26)15-8-10-16(11-9-15)21(4,5)6/h8-11,13-14,18H,7,12H2,1-6H3,(H,22,27)(H,23,26)(H,24,25). The van der Waals surface area contributed by atoms with Gasteiger partial charge in [-0.3, -0.25) is 14.4 Å². The van der Waals surface area contributed by atoms with Crippen LogP contribution in [0.15, 0.2) is 24.3 Å². The van der Waals surface area contributed by atoms with Crippen LogP contribution in [0.5, 0.6) is 0 Å². The molecule has 6 heteroatoms. The van der Waals surface area contributed by atoms with Crippen LogP contribution < -0.4 is 10.6 Å². The van der Waals surface area contributed by atoms with Crippen molar-refractivity contribution in [3.8, 4) is 0 Å². The lowest BCUT2D eigenvalue weighted by Gasteiger charge is -2.24. The molecule has 1 aromatic carbocycles. The lowest BCUT2D eigenvalue weighted by molar-refractivity contribution is -0.137. The summed E-state index contributed by atoms with van der Waals surface area (Å²) in [6.45, 7) is 11.8. The minimum absolute atomic E-state index is 0.00144. The fourth-order valence-electron chi connectivity index (χ4n) is 2.63.